The number of nitrogens with one attached hydrogen (secondary N) is 1. The summed E-state index contributed by atoms with van der Waals surface area (Å²) in [6, 6.07) is 18.0. The standard InChI is InChI=1S/C21H13FN2O3S/c22-14-6-4-5-13(11-14)18-10-9-16(27-18)12-17-19(25)23-21(28)24(20(17)26)15-7-2-1-3-8-15/h1-12H,(H,23,25,28)/b17-12-. The summed E-state index contributed by atoms with van der Waals surface area (Å²) in [6.07, 6.45) is 1.35. The fourth-order valence-electron chi connectivity index (χ4n) is 2.84. The molecule has 138 valence electrons. The lowest BCUT2D eigenvalue weighted by Gasteiger charge is -2.28. The molecule has 2 amide bonds. The van der Waals surface area contributed by atoms with E-state index in [1.165, 1.54) is 23.1 Å². The maximum absolute atomic E-state index is 13.4. The number of nitrogens with zero attached hydrogens (tertiary/aromatic N) is 1. The van der Waals surface area contributed by atoms with E-state index in [0.717, 1.165) is 0 Å². The molecule has 4 rings (SSSR count). The Morgan fingerprint density at radius 2 is 1.79 bits per heavy atom. The van der Waals surface area contributed by atoms with E-state index >= 15 is 0 Å². The largest absolute Gasteiger partial charge is 0.457 e. The molecule has 0 radical (unpaired) electrons. The Kier molecular flexibility index (Phi) is 4.58. The predicted octanol–water partition coefficient (Wildman–Crippen LogP) is 3.92. The number of carbonyl (C=O) groups excluding carboxylic acids is 2. The third-order valence-corrected chi connectivity index (χ3v) is 4.42. The second-order valence-electron chi connectivity index (χ2n) is 6.01. The molecule has 3 aromatic rings. The highest BCUT2D eigenvalue weighted by atomic mass is 32.1. The van der Waals surface area contributed by atoms with Gasteiger partial charge in [-0.15, -0.1) is 0 Å². The average Bonchev–Trinajstić information content (AvgIpc) is 3.15. The minimum atomic E-state index is -0.606. The predicted molar refractivity (Wildman–Crippen MR) is 107 cm³/mol. The van der Waals surface area contributed by atoms with Gasteiger partial charge in [-0.2, -0.15) is 0 Å². The summed E-state index contributed by atoms with van der Waals surface area (Å²) in [5, 5.41) is 2.52. The summed E-state index contributed by atoms with van der Waals surface area (Å²) < 4.78 is 19.1. The van der Waals surface area contributed by atoms with Crippen LogP contribution in [-0.4, -0.2) is 16.9 Å². The highest BCUT2D eigenvalue weighted by Crippen LogP contribution is 2.26. The molecule has 2 aromatic carbocycles. The van der Waals surface area contributed by atoms with Crippen LogP contribution in [0.25, 0.3) is 17.4 Å². The number of furan rings is 1. The molecule has 28 heavy (non-hydrogen) atoms. The Morgan fingerprint density at radius 3 is 2.54 bits per heavy atom. The van der Waals surface area contributed by atoms with Crippen molar-refractivity contribution in [1.82, 2.24) is 5.32 Å². The van der Waals surface area contributed by atoms with Crippen molar-refractivity contribution in [3.8, 4) is 11.3 Å². The summed E-state index contributed by atoms with van der Waals surface area (Å²) >= 11 is 5.15. The van der Waals surface area contributed by atoms with Gasteiger partial charge in [0, 0.05) is 5.56 Å². The number of hydrogen-bond acceptors (Lipinski definition) is 4. The van der Waals surface area contributed by atoms with Crippen LogP contribution in [0.15, 0.2) is 76.7 Å². The molecule has 5 nitrogen and oxygen atoms in total. The first-order valence-corrected chi connectivity index (χ1v) is 8.76. The molecule has 0 aliphatic carbocycles. The molecule has 1 saturated heterocycles. The molecule has 1 N–H and O–H groups in total. The minimum absolute atomic E-state index is 0.0123. The summed E-state index contributed by atoms with van der Waals surface area (Å²) in [4.78, 5) is 26.5. The van der Waals surface area contributed by atoms with Crippen molar-refractivity contribution in [2.45, 2.75) is 0 Å². The smallest absolute Gasteiger partial charge is 0.270 e. The van der Waals surface area contributed by atoms with Crippen LogP contribution in [0.1, 0.15) is 5.76 Å². The number of rotatable bonds is 3. The highest BCUT2D eigenvalue weighted by Gasteiger charge is 2.34. The van der Waals surface area contributed by atoms with Crippen LogP contribution in [-0.2, 0) is 9.59 Å². The van der Waals surface area contributed by atoms with Gasteiger partial charge in [0.2, 0.25) is 0 Å². The molecule has 1 fully saturated rings. The molecule has 0 unspecified atom stereocenters. The Bertz CT molecular complexity index is 1120. The number of anilines is 1. The quantitative estimate of drug-likeness (QED) is 0.417. The van der Waals surface area contributed by atoms with Crippen molar-refractivity contribution in [3.05, 3.63) is 83.9 Å². The van der Waals surface area contributed by atoms with Crippen LogP contribution in [0.2, 0.25) is 0 Å². The molecule has 0 bridgehead atoms. The van der Waals surface area contributed by atoms with Gasteiger partial charge in [-0.25, -0.2) is 4.39 Å². The monoisotopic (exact) mass is 392 g/mol. The molecular weight excluding hydrogens is 379 g/mol. The zero-order valence-electron chi connectivity index (χ0n) is 14.4. The Balaban J connectivity index is 1.68. The van der Waals surface area contributed by atoms with Crippen LogP contribution in [0, 0.1) is 5.82 Å². The van der Waals surface area contributed by atoms with Gasteiger partial charge in [0.25, 0.3) is 11.8 Å². The van der Waals surface area contributed by atoms with Crippen LogP contribution in [0.5, 0.6) is 0 Å². The first-order chi connectivity index (χ1) is 13.5. The average molecular weight is 392 g/mol. The Hall–Kier alpha value is -3.58. The van der Waals surface area contributed by atoms with Crippen molar-refractivity contribution in [3.63, 3.8) is 0 Å². The van der Waals surface area contributed by atoms with Crippen LogP contribution in [0.3, 0.4) is 0 Å². The van der Waals surface area contributed by atoms with Crippen LogP contribution < -0.4 is 10.2 Å². The Morgan fingerprint density at radius 1 is 1.00 bits per heavy atom. The van der Waals surface area contributed by atoms with Crippen LogP contribution in [0.4, 0.5) is 10.1 Å². The van der Waals surface area contributed by atoms with Crippen molar-refractivity contribution in [2.24, 2.45) is 0 Å². The van der Waals surface area contributed by atoms with E-state index in [0.29, 0.717) is 22.8 Å². The van der Waals surface area contributed by atoms with Crippen molar-refractivity contribution >= 4 is 40.9 Å². The normalized spacial score (nSPS) is 15.8. The van der Waals surface area contributed by atoms with Gasteiger partial charge in [0.05, 0.1) is 5.69 Å². The maximum atomic E-state index is 13.4. The fraction of sp³-hybridized carbons (Fsp3) is 0. The highest BCUT2D eigenvalue weighted by molar-refractivity contribution is 7.80. The SMILES string of the molecule is O=C1NC(=S)N(c2ccccc2)C(=O)/C1=C\c1ccc(-c2cccc(F)c2)o1. The number of amides is 2. The van der Waals surface area contributed by atoms with Gasteiger partial charge in [0.15, 0.2) is 5.11 Å². The third kappa shape index (κ3) is 3.35. The zero-order chi connectivity index (χ0) is 19.7. The van der Waals surface area contributed by atoms with Gasteiger partial charge in [-0.05, 0) is 54.7 Å². The molecule has 1 aromatic heterocycles. The lowest BCUT2D eigenvalue weighted by molar-refractivity contribution is -0.122. The van der Waals surface area contributed by atoms with Crippen molar-refractivity contribution < 1.29 is 18.4 Å². The number of benzene rings is 2. The summed E-state index contributed by atoms with van der Waals surface area (Å²) in [6.45, 7) is 0. The molecule has 0 saturated carbocycles. The fourth-order valence-corrected chi connectivity index (χ4v) is 3.12. The Labute approximate surface area is 165 Å². The van der Waals surface area contributed by atoms with Gasteiger partial charge in [-0.3, -0.25) is 19.8 Å². The summed E-state index contributed by atoms with van der Waals surface area (Å²) in [5.41, 5.74) is 0.983. The van der Waals surface area contributed by atoms with E-state index in [4.69, 9.17) is 16.6 Å². The maximum Gasteiger partial charge on any atom is 0.270 e. The van der Waals surface area contributed by atoms with Gasteiger partial charge < -0.3 is 4.42 Å². The van der Waals surface area contributed by atoms with E-state index in [2.05, 4.69) is 5.32 Å². The number of carbonyl (C=O) groups is 2. The van der Waals surface area contributed by atoms with Gasteiger partial charge >= 0.3 is 0 Å². The van der Waals surface area contributed by atoms with E-state index in [1.807, 2.05) is 6.07 Å². The first-order valence-electron chi connectivity index (χ1n) is 8.35. The van der Waals surface area contributed by atoms with Gasteiger partial charge in [0.1, 0.15) is 22.9 Å². The van der Waals surface area contributed by atoms with E-state index in [1.54, 1.807) is 48.5 Å². The second-order valence-corrected chi connectivity index (χ2v) is 6.39. The van der Waals surface area contributed by atoms with E-state index in [9.17, 15) is 14.0 Å². The molecule has 0 spiro atoms. The number of halogens is 1. The molecule has 1 aliphatic rings. The molecular formula is C21H13FN2O3S. The van der Waals surface area contributed by atoms with E-state index in [-0.39, 0.29) is 16.5 Å². The van der Waals surface area contributed by atoms with Crippen molar-refractivity contribution in [1.29, 1.82) is 0 Å². The van der Waals surface area contributed by atoms with E-state index < -0.39 is 11.8 Å². The topological polar surface area (TPSA) is 62.6 Å². The summed E-state index contributed by atoms with van der Waals surface area (Å²) in [7, 11) is 0. The zero-order valence-corrected chi connectivity index (χ0v) is 15.2. The third-order valence-electron chi connectivity index (χ3n) is 4.14. The van der Waals surface area contributed by atoms with Crippen molar-refractivity contribution in [2.75, 3.05) is 4.90 Å². The number of thiocarbonyl (C=S) groups is 1. The van der Waals surface area contributed by atoms with Gasteiger partial charge in [-0.1, -0.05) is 30.3 Å². The molecule has 0 atom stereocenters. The lowest BCUT2D eigenvalue weighted by atomic mass is 10.1. The lowest BCUT2D eigenvalue weighted by Crippen LogP contribution is -2.54. The molecule has 1 aliphatic heterocycles. The molecule has 2 heterocycles. The second kappa shape index (κ2) is 7.21. The van der Waals surface area contributed by atoms with Crippen LogP contribution >= 0.6 is 12.2 Å². The first kappa shape index (κ1) is 17.8. The summed E-state index contributed by atoms with van der Waals surface area (Å²) in [5.74, 6) is -0.832. The molecule has 7 heteroatoms. The minimum Gasteiger partial charge on any atom is -0.457 e. The number of hydrogen-bond donors (Lipinski definition) is 1. The number of para-hydroxylation sites is 1.